The number of urea groups is 1. The fraction of sp³-hybridized carbons (Fsp3) is 0.263. The predicted molar refractivity (Wildman–Crippen MR) is 98.4 cm³/mol. The van der Waals surface area contributed by atoms with Crippen molar-refractivity contribution in [1.29, 1.82) is 0 Å². The molecule has 0 saturated carbocycles. The van der Waals surface area contributed by atoms with Crippen LogP contribution in [-0.4, -0.2) is 25.6 Å². The number of carbonyl (C=O) groups is 2. The number of ether oxygens (including phenoxy) is 1. The van der Waals surface area contributed by atoms with E-state index in [1.54, 1.807) is 30.2 Å². The number of amides is 3. The Labute approximate surface area is 146 Å². The van der Waals surface area contributed by atoms with Gasteiger partial charge in [-0.15, -0.1) is 0 Å². The average Bonchev–Trinajstić information content (AvgIpc) is 3.02. The van der Waals surface area contributed by atoms with Crippen molar-refractivity contribution in [3.8, 4) is 5.75 Å². The second-order valence-corrected chi connectivity index (χ2v) is 5.98. The second-order valence-electron chi connectivity index (χ2n) is 5.98. The largest absolute Gasteiger partial charge is 0.495 e. The zero-order valence-electron chi connectivity index (χ0n) is 14.3. The summed E-state index contributed by atoms with van der Waals surface area (Å²) < 4.78 is 5.35. The lowest BCUT2D eigenvalue weighted by Crippen LogP contribution is -2.25. The van der Waals surface area contributed by atoms with Crippen LogP contribution < -0.4 is 20.3 Å². The summed E-state index contributed by atoms with van der Waals surface area (Å²) in [5.74, 6) is 0.680. The topological polar surface area (TPSA) is 70.7 Å². The normalized spacial score (nSPS) is 13.7. The van der Waals surface area contributed by atoms with E-state index in [1.165, 1.54) is 0 Å². The van der Waals surface area contributed by atoms with Crippen LogP contribution in [0.2, 0.25) is 0 Å². The van der Waals surface area contributed by atoms with Crippen LogP contribution in [0.5, 0.6) is 5.75 Å². The first-order chi connectivity index (χ1) is 12.1. The molecule has 2 aromatic rings. The molecule has 0 aliphatic carbocycles. The quantitative estimate of drug-likeness (QED) is 0.891. The Kier molecular flexibility index (Phi) is 4.88. The van der Waals surface area contributed by atoms with Crippen molar-refractivity contribution in [1.82, 2.24) is 0 Å². The van der Waals surface area contributed by atoms with E-state index < -0.39 is 0 Å². The van der Waals surface area contributed by atoms with Crippen molar-refractivity contribution in [2.45, 2.75) is 19.8 Å². The summed E-state index contributed by atoms with van der Waals surface area (Å²) in [7, 11) is 1.57. The smallest absolute Gasteiger partial charge is 0.323 e. The molecule has 25 heavy (non-hydrogen) atoms. The maximum Gasteiger partial charge on any atom is 0.323 e. The van der Waals surface area contributed by atoms with E-state index in [9.17, 15) is 9.59 Å². The molecule has 0 spiro atoms. The first-order valence-corrected chi connectivity index (χ1v) is 8.20. The highest BCUT2D eigenvalue weighted by molar-refractivity contribution is 6.01. The molecular formula is C19H21N3O3. The van der Waals surface area contributed by atoms with Gasteiger partial charge in [0.05, 0.1) is 12.8 Å². The summed E-state index contributed by atoms with van der Waals surface area (Å²) in [6.07, 6.45) is 1.36. The van der Waals surface area contributed by atoms with Crippen LogP contribution in [0.3, 0.4) is 0 Å². The van der Waals surface area contributed by atoms with E-state index >= 15 is 0 Å². The Balaban J connectivity index is 1.74. The molecule has 6 heteroatoms. The Morgan fingerprint density at radius 2 is 1.76 bits per heavy atom. The Morgan fingerprint density at radius 3 is 2.40 bits per heavy atom. The molecule has 1 saturated heterocycles. The van der Waals surface area contributed by atoms with Gasteiger partial charge in [-0.1, -0.05) is 17.7 Å². The summed E-state index contributed by atoms with van der Waals surface area (Å²) in [5, 5.41) is 5.57. The van der Waals surface area contributed by atoms with Crippen LogP contribution >= 0.6 is 0 Å². The van der Waals surface area contributed by atoms with E-state index in [2.05, 4.69) is 10.6 Å². The molecule has 0 bridgehead atoms. The molecule has 2 aromatic carbocycles. The van der Waals surface area contributed by atoms with Crippen molar-refractivity contribution in [3.05, 3.63) is 48.0 Å². The lowest BCUT2D eigenvalue weighted by Gasteiger charge is -2.20. The highest BCUT2D eigenvalue weighted by Crippen LogP contribution is 2.34. The van der Waals surface area contributed by atoms with Crippen LogP contribution in [0, 0.1) is 6.92 Å². The van der Waals surface area contributed by atoms with Crippen molar-refractivity contribution >= 4 is 29.0 Å². The van der Waals surface area contributed by atoms with Gasteiger partial charge < -0.3 is 20.3 Å². The first-order valence-electron chi connectivity index (χ1n) is 8.20. The van der Waals surface area contributed by atoms with E-state index in [-0.39, 0.29) is 11.9 Å². The highest BCUT2D eigenvalue weighted by atomic mass is 16.5. The molecule has 1 heterocycles. The van der Waals surface area contributed by atoms with Crippen molar-refractivity contribution in [2.24, 2.45) is 0 Å². The molecule has 2 N–H and O–H groups in total. The van der Waals surface area contributed by atoms with Gasteiger partial charge in [-0.25, -0.2) is 4.79 Å². The molecule has 3 rings (SSSR count). The fourth-order valence-corrected chi connectivity index (χ4v) is 2.81. The maximum absolute atomic E-state index is 12.2. The third-order valence-corrected chi connectivity index (χ3v) is 4.11. The van der Waals surface area contributed by atoms with E-state index in [4.69, 9.17) is 4.74 Å². The van der Waals surface area contributed by atoms with Crippen LogP contribution in [0.4, 0.5) is 21.9 Å². The van der Waals surface area contributed by atoms with E-state index in [0.29, 0.717) is 35.8 Å². The Morgan fingerprint density at radius 1 is 1.08 bits per heavy atom. The summed E-state index contributed by atoms with van der Waals surface area (Å²) >= 11 is 0. The second kappa shape index (κ2) is 7.25. The monoisotopic (exact) mass is 339 g/mol. The number of nitrogens with zero attached hydrogens (tertiary/aromatic N) is 1. The van der Waals surface area contributed by atoms with Crippen LogP contribution in [0.25, 0.3) is 0 Å². The van der Waals surface area contributed by atoms with Crippen LogP contribution in [0.1, 0.15) is 18.4 Å². The summed E-state index contributed by atoms with van der Waals surface area (Å²) in [5.41, 5.74) is 3.12. The zero-order chi connectivity index (χ0) is 17.8. The Hall–Kier alpha value is -3.02. The van der Waals surface area contributed by atoms with Gasteiger partial charge in [0, 0.05) is 24.3 Å². The lowest BCUT2D eigenvalue weighted by molar-refractivity contribution is -0.117. The van der Waals surface area contributed by atoms with Crippen LogP contribution in [-0.2, 0) is 4.79 Å². The van der Waals surface area contributed by atoms with Gasteiger partial charge in [0.15, 0.2) is 0 Å². The van der Waals surface area contributed by atoms with E-state index in [1.807, 2.05) is 31.2 Å². The van der Waals surface area contributed by atoms with Crippen molar-refractivity contribution in [3.63, 3.8) is 0 Å². The van der Waals surface area contributed by atoms with Crippen LogP contribution in [0.15, 0.2) is 42.5 Å². The maximum atomic E-state index is 12.2. The van der Waals surface area contributed by atoms with Crippen molar-refractivity contribution < 1.29 is 14.3 Å². The third kappa shape index (κ3) is 3.91. The van der Waals surface area contributed by atoms with Gasteiger partial charge in [-0.2, -0.15) is 0 Å². The van der Waals surface area contributed by atoms with Gasteiger partial charge in [-0.05, 0) is 43.7 Å². The van der Waals surface area contributed by atoms with Gasteiger partial charge in [0.2, 0.25) is 5.91 Å². The summed E-state index contributed by atoms with van der Waals surface area (Å²) in [6, 6.07) is 12.5. The average molecular weight is 339 g/mol. The SMILES string of the molecule is COc1ccc(NC(=O)Nc2ccc(C)cc2)cc1N1CCCC1=O. The van der Waals surface area contributed by atoms with Gasteiger partial charge >= 0.3 is 6.03 Å². The number of benzene rings is 2. The molecule has 1 aliphatic heterocycles. The fourth-order valence-electron chi connectivity index (χ4n) is 2.81. The minimum atomic E-state index is -0.340. The molecule has 3 amide bonds. The number of aryl methyl sites for hydroxylation is 1. The first kappa shape index (κ1) is 16.8. The molecular weight excluding hydrogens is 318 g/mol. The number of rotatable bonds is 4. The number of carbonyl (C=O) groups excluding carboxylic acids is 2. The molecule has 1 fully saturated rings. The van der Waals surface area contributed by atoms with Gasteiger partial charge in [0.25, 0.3) is 0 Å². The number of anilines is 3. The molecule has 0 aromatic heterocycles. The molecule has 130 valence electrons. The van der Waals surface area contributed by atoms with E-state index in [0.717, 1.165) is 12.0 Å². The lowest BCUT2D eigenvalue weighted by atomic mass is 10.2. The number of hydrogen-bond donors (Lipinski definition) is 2. The summed E-state index contributed by atoms with van der Waals surface area (Å²) in [4.78, 5) is 25.9. The van der Waals surface area contributed by atoms with Gasteiger partial charge in [-0.3, -0.25) is 4.79 Å². The minimum absolute atomic E-state index is 0.0690. The van der Waals surface area contributed by atoms with Crippen molar-refractivity contribution in [2.75, 3.05) is 29.2 Å². The molecule has 6 nitrogen and oxygen atoms in total. The van der Waals surface area contributed by atoms with Gasteiger partial charge in [0.1, 0.15) is 5.75 Å². The molecule has 0 radical (unpaired) electrons. The highest BCUT2D eigenvalue weighted by Gasteiger charge is 2.24. The Bertz CT molecular complexity index is 787. The summed E-state index contributed by atoms with van der Waals surface area (Å²) in [6.45, 7) is 2.65. The number of nitrogens with one attached hydrogen (secondary N) is 2. The predicted octanol–water partition coefficient (Wildman–Crippen LogP) is 3.77. The number of methoxy groups -OCH3 is 1. The minimum Gasteiger partial charge on any atom is -0.495 e. The zero-order valence-corrected chi connectivity index (χ0v) is 14.3. The molecule has 1 aliphatic rings. The number of hydrogen-bond acceptors (Lipinski definition) is 3. The molecule has 0 unspecified atom stereocenters. The third-order valence-electron chi connectivity index (χ3n) is 4.11. The molecule has 0 atom stereocenters. The standard InChI is InChI=1S/C19H21N3O3/c1-13-5-7-14(8-6-13)20-19(24)21-15-9-10-17(25-2)16(12-15)22-11-3-4-18(22)23/h5-10,12H,3-4,11H2,1-2H3,(H2,20,21,24).